The number of amides is 2. The van der Waals surface area contributed by atoms with Crippen LogP contribution in [-0.4, -0.2) is 71.3 Å². The van der Waals surface area contributed by atoms with Gasteiger partial charge >= 0.3 is 0 Å². The zero-order valence-corrected chi connectivity index (χ0v) is 13.8. The summed E-state index contributed by atoms with van der Waals surface area (Å²) in [5.74, 6) is -3.31. The van der Waals surface area contributed by atoms with E-state index >= 15 is 0 Å². The van der Waals surface area contributed by atoms with Crippen molar-refractivity contribution in [2.75, 3.05) is 32.7 Å². The molecule has 1 atom stereocenters. The van der Waals surface area contributed by atoms with Gasteiger partial charge in [0.05, 0.1) is 12.6 Å². The van der Waals surface area contributed by atoms with Crippen LogP contribution in [0.4, 0.5) is 8.78 Å². The maximum atomic E-state index is 13.2. The number of hydrogen-bond donors (Lipinski definition) is 1. The van der Waals surface area contributed by atoms with E-state index in [1.165, 1.54) is 0 Å². The highest BCUT2D eigenvalue weighted by atomic mass is 35.5. The Hall–Kier alpha value is -1.80. The minimum Gasteiger partial charge on any atom is -0.338 e. The molecule has 0 spiro atoms. The van der Waals surface area contributed by atoms with Crippen molar-refractivity contribution in [2.24, 2.45) is 0 Å². The molecule has 0 bridgehead atoms. The third-order valence-corrected chi connectivity index (χ3v) is 4.17. The highest BCUT2D eigenvalue weighted by Gasteiger charge is 2.43. The Morgan fingerprint density at radius 1 is 1.17 bits per heavy atom. The van der Waals surface area contributed by atoms with Crippen molar-refractivity contribution in [3.63, 3.8) is 0 Å². The molecule has 0 radical (unpaired) electrons. The van der Waals surface area contributed by atoms with Gasteiger partial charge in [-0.05, 0) is 12.1 Å². The lowest BCUT2D eigenvalue weighted by Crippen LogP contribution is -2.54. The largest absolute Gasteiger partial charge is 0.338 e. The first-order valence-electron chi connectivity index (χ1n) is 7.57. The van der Waals surface area contributed by atoms with Crippen molar-refractivity contribution in [1.29, 1.82) is 0 Å². The first-order chi connectivity index (χ1) is 11.0. The predicted molar refractivity (Wildman–Crippen MR) is 85.3 cm³/mol. The molecule has 1 unspecified atom stereocenters. The number of nitrogens with one attached hydrogen (secondary N) is 1. The van der Waals surface area contributed by atoms with Crippen LogP contribution < -0.4 is 5.32 Å². The maximum Gasteiger partial charge on any atom is 0.272 e. The molecule has 3 rings (SSSR count). The molecule has 1 aromatic rings. The maximum absolute atomic E-state index is 13.2. The van der Waals surface area contributed by atoms with Gasteiger partial charge in [0.1, 0.15) is 5.69 Å². The smallest absolute Gasteiger partial charge is 0.272 e. The van der Waals surface area contributed by atoms with E-state index in [9.17, 15) is 18.4 Å². The van der Waals surface area contributed by atoms with Crippen LogP contribution in [0.5, 0.6) is 0 Å². The van der Waals surface area contributed by atoms with E-state index in [-0.39, 0.29) is 24.2 Å². The first-order valence-corrected chi connectivity index (χ1v) is 7.57. The van der Waals surface area contributed by atoms with E-state index in [0.29, 0.717) is 31.9 Å². The quantitative estimate of drug-likeness (QED) is 0.846. The van der Waals surface area contributed by atoms with Gasteiger partial charge in [-0.15, -0.1) is 12.4 Å². The van der Waals surface area contributed by atoms with Crippen LogP contribution in [-0.2, 0) is 4.79 Å². The fourth-order valence-corrected chi connectivity index (χ4v) is 2.89. The molecule has 6 nitrogen and oxygen atoms in total. The molecular formula is C15H19ClF2N4O2. The zero-order valence-electron chi connectivity index (χ0n) is 13.0. The summed E-state index contributed by atoms with van der Waals surface area (Å²) < 4.78 is 26.4. The number of pyridine rings is 1. The highest BCUT2D eigenvalue weighted by Crippen LogP contribution is 2.26. The SMILES string of the molecule is Cl.O=C(c1ccccn1)N1CCN(C(=O)C2CC(F)(F)CN2)CC1. The molecule has 2 aliphatic rings. The molecule has 1 aromatic heterocycles. The average Bonchev–Trinajstić information content (AvgIpc) is 2.94. The number of carbonyl (C=O) groups excluding carboxylic acids is 2. The van der Waals surface area contributed by atoms with Crippen molar-refractivity contribution >= 4 is 24.2 Å². The van der Waals surface area contributed by atoms with Crippen molar-refractivity contribution in [3.05, 3.63) is 30.1 Å². The summed E-state index contributed by atoms with van der Waals surface area (Å²) >= 11 is 0. The van der Waals surface area contributed by atoms with E-state index in [2.05, 4.69) is 10.3 Å². The van der Waals surface area contributed by atoms with Gasteiger partial charge in [0, 0.05) is 38.8 Å². The van der Waals surface area contributed by atoms with Gasteiger partial charge in [-0.2, -0.15) is 0 Å². The second kappa shape index (κ2) is 7.40. The molecule has 24 heavy (non-hydrogen) atoms. The van der Waals surface area contributed by atoms with Gasteiger partial charge in [0.25, 0.3) is 11.8 Å². The van der Waals surface area contributed by atoms with E-state index < -0.39 is 24.9 Å². The Labute approximate surface area is 144 Å². The molecule has 0 saturated carbocycles. The Bertz CT molecular complexity index is 594. The Kier molecular flexibility index (Phi) is 5.71. The highest BCUT2D eigenvalue weighted by molar-refractivity contribution is 5.92. The molecule has 1 N–H and O–H groups in total. The summed E-state index contributed by atoms with van der Waals surface area (Å²) in [5.41, 5.74) is 0.365. The first kappa shape index (κ1) is 18.5. The van der Waals surface area contributed by atoms with E-state index in [0.717, 1.165) is 0 Å². The van der Waals surface area contributed by atoms with E-state index in [4.69, 9.17) is 0 Å². The third kappa shape index (κ3) is 3.99. The van der Waals surface area contributed by atoms with Crippen LogP contribution in [0.15, 0.2) is 24.4 Å². The van der Waals surface area contributed by atoms with Crippen molar-refractivity contribution < 1.29 is 18.4 Å². The minimum atomic E-state index is -2.82. The summed E-state index contributed by atoms with van der Waals surface area (Å²) in [7, 11) is 0. The molecule has 0 aromatic carbocycles. The molecule has 2 saturated heterocycles. The van der Waals surface area contributed by atoms with Crippen LogP contribution in [0.3, 0.4) is 0 Å². The van der Waals surface area contributed by atoms with Crippen molar-refractivity contribution in [1.82, 2.24) is 20.1 Å². The number of aromatic nitrogens is 1. The van der Waals surface area contributed by atoms with Crippen molar-refractivity contribution in [3.8, 4) is 0 Å². The van der Waals surface area contributed by atoms with Gasteiger partial charge in [0.15, 0.2) is 0 Å². The fourth-order valence-electron chi connectivity index (χ4n) is 2.89. The number of alkyl halides is 2. The van der Waals surface area contributed by atoms with E-state index in [1.807, 2.05) is 0 Å². The third-order valence-electron chi connectivity index (χ3n) is 4.17. The van der Waals surface area contributed by atoms with Gasteiger partial charge in [-0.1, -0.05) is 6.07 Å². The second-order valence-corrected chi connectivity index (χ2v) is 5.83. The summed E-state index contributed by atoms with van der Waals surface area (Å²) in [6.07, 6.45) is 1.10. The van der Waals surface area contributed by atoms with Gasteiger partial charge in [0.2, 0.25) is 5.91 Å². The lowest BCUT2D eigenvalue weighted by Gasteiger charge is -2.35. The van der Waals surface area contributed by atoms with Crippen molar-refractivity contribution in [2.45, 2.75) is 18.4 Å². The topological polar surface area (TPSA) is 65.5 Å². The number of hydrogen-bond acceptors (Lipinski definition) is 4. The number of carbonyl (C=O) groups is 2. The van der Waals surface area contributed by atoms with Gasteiger partial charge < -0.3 is 9.80 Å². The second-order valence-electron chi connectivity index (χ2n) is 5.83. The Morgan fingerprint density at radius 2 is 1.83 bits per heavy atom. The number of piperazine rings is 1. The van der Waals surface area contributed by atoms with Crippen LogP contribution in [0, 0.1) is 0 Å². The molecule has 2 amide bonds. The number of nitrogens with zero attached hydrogens (tertiary/aromatic N) is 3. The van der Waals surface area contributed by atoms with Crippen LogP contribution in [0.1, 0.15) is 16.9 Å². The van der Waals surface area contributed by atoms with Gasteiger partial charge in [-0.3, -0.25) is 19.9 Å². The lowest BCUT2D eigenvalue weighted by molar-refractivity contribution is -0.135. The van der Waals surface area contributed by atoms with Gasteiger partial charge in [-0.25, -0.2) is 8.78 Å². The molecule has 2 fully saturated rings. The number of rotatable bonds is 2. The average molecular weight is 361 g/mol. The summed E-state index contributed by atoms with van der Waals surface area (Å²) in [6, 6.07) is 4.29. The van der Waals surface area contributed by atoms with Crippen LogP contribution in [0.25, 0.3) is 0 Å². The summed E-state index contributed by atoms with van der Waals surface area (Å²) in [6.45, 7) is 0.998. The number of halogens is 3. The van der Waals surface area contributed by atoms with Crippen LogP contribution >= 0.6 is 12.4 Å². The Morgan fingerprint density at radius 3 is 2.38 bits per heavy atom. The lowest BCUT2D eigenvalue weighted by atomic mass is 10.1. The fraction of sp³-hybridized carbons (Fsp3) is 0.533. The normalized spacial score (nSPS) is 22.8. The molecule has 2 aliphatic heterocycles. The molecule has 3 heterocycles. The molecular weight excluding hydrogens is 342 g/mol. The van der Waals surface area contributed by atoms with Crippen LogP contribution in [0.2, 0.25) is 0 Å². The molecule has 9 heteroatoms. The summed E-state index contributed by atoms with van der Waals surface area (Å²) in [5, 5.41) is 2.57. The molecule has 0 aliphatic carbocycles. The standard InChI is InChI=1S/C15H18F2N4O2.ClH/c16-15(17)9-12(19-10-15)14(23)21-7-5-20(6-8-21)13(22)11-3-1-2-4-18-11;/h1-4,12,19H,5-10H2;1H. The predicted octanol–water partition coefficient (Wildman–Crippen LogP) is 0.785. The zero-order chi connectivity index (χ0) is 16.4. The Balaban J connectivity index is 0.00000208. The monoisotopic (exact) mass is 360 g/mol. The minimum absolute atomic E-state index is 0. The summed E-state index contributed by atoms with van der Waals surface area (Å²) in [4.78, 5) is 31.7. The molecule has 132 valence electrons. The van der Waals surface area contributed by atoms with E-state index in [1.54, 1.807) is 34.2 Å².